The van der Waals surface area contributed by atoms with Gasteiger partial charge in [0.15, 0.2) is 0 Å². The Morgan fingerprint density at radius 3 is 2.43 bits per heavy atom. The Labute approximate surface area is 128 Å². The molecular weight excluding hydrogens is 256 g/mol. The quantitative estimate of drug-likeness (QED) is 0.872. The van der Waals surface area contributed by atoms with Crippen molar-refractivity contribution in [1.82, 2.24) is 9.88 Å². The summed E-state index contributed by atoms with van der Waals surface area (Å²) in [5.41, 5.74) is 7.04. The third-order valence-corrected chi connectivity index (χ3v) is 4.72. The molecule has 1 aromatic carbocycles. The standard InChI is InChI=1S/C19H26N2/c1-13-9-14(2)18(15(3)10-13)12-21-8-7-17(11-21)19(20-4)16-5-6-16/h7-11,16,19-20H,5-6,12H2,1-4H3. The van der Waals surface area contributed by atoms with Gasteiger partial charge in [0.05, 0.1) is 0 Å². The summed E-state index contributed by atoms with van der Waals surface area (Å²) in [4.78, 5) is 0. The number of benzene rings is 1. The van der Waals surface area contributed by atoms with E-state index in [-0.39, 0.29) is 0 Å². The Balaban J connectivity index is 1.81. The molecule has 1 saturated carbocycles. The molecule has 1 unspecified atom stereocenters. The van der Waals surface area contributed by atoms with Gasteiger partial charge >= 0.3 is 0 Å². The Morgan fingerprint density at radius 2 is 1.86 bits per heavy atom. The van der Waals surface area contributed by atoms with Crippen LogP contribution in [0.1, 0.15) is 46.7 Å². The average Bonchev–Trinajstić information content (AvgIpc) is 3.14. The van der Waals surface area contributed by atoms with Crippen molar-refractivity contribution in [2.75, 3.05) is 7.05 Å². The van der Waals surface area contributed by atoms with Gasteiger partial charge in [-0.3, -0.25) is 0 Å². The highest BCUT2D eigenvalue weighted by atomic mass is 15.0. The first-order valence-electron chi connectivity index (χ1n) is 7.98. The minimum atomic E-state index is 0.534. The second kappa shape index (κ2) is 5.69. The molecule has 0 aliphatic heterocycles. The molecule has 2 nitrogen and oxygen atoms in total. The Hall–Kier alpha value is -1.54. The van der Waals surface area contributed by atoms with Crippen LogP contribution in [0.5, 0.6) is 0 Å². The van der Waals surface area contributed by atoms with Crippen LogP contribution in [0.25, 0.3) is 0 Å². The Morgan fingerprint density at radius 1 is 1.19 bits per heavy atom. The average molecular weight is 282 g/mol. The summed E-state index contributed by atoms with van der Waals surface area (Å²) in [7, 11) is 2.08. The predicted octanol–water partition coefficient (Wildman–Crippen LogP) is 4.13. The number of aryl methyl sites for hydroxylation is 3. The van der Waals surface area contributed by atoms with Crippen molar-refractivity contribution in [3.05, 3.63) is 58.4 Å². The second-order valence-corrected chi connectivity index (χ2v) is 6.60. The fraction of sp³-hybridized carbons (Fsp3) is 0.474. The van der Waals surface area contributed by atoms with Crippen LogP contribution in [0, 0.1) is 26.7 Å². The van der Waals surface area contributed by atoms with Gasteiger partial charge in [0, 0.05) is 25.0 Å². The second-order valence-electron chi connectivity index (χ2n) is 6.60. The zero-order chi connectivity index (χ0) is 15.0. The van der Waals surface area contributed by atoms with Crippen molar-refractivity contribution in [3.8, 4) is 0 Å². The van der Waals surface area contributed by atoms with E-state index in [1.807, 2.05) is 0 Å². The first-order valence-corrected chi connectivity index (χ1v) is 7.98. The largest absolute Gasteiger partial charge is 0.350 e. The fourth-order valence-corrected chi connectivity index (χ4v) is 3.49. The van der Waals surface area contributed by atoms with Crippen molar-refractivity contribution in [3.63, 3.8) is 0 Å². The molecule has 0 bridgehead atoms. The number of aromatic nitrogens is 1. The van der Waals surface area contributed by atoms with E-state index in [1.165, 1.54) is 40.7 Å². The lowest BCUT2D eigenvalue weighted by molar-refractivity contribution is 0.528. The van der Waals surface area contributed by atoms with Crippen LogP contribution < -0.4 is 5.32 Å². The molecule has 21 heavy (non-hydrogen) atoms. The summed E-state index contributed by atoms with van der Waals surface area (Å²) in [6, 6.07) is 7.38. The third kappa shape index (κ3) is 3.06. The van der Waals surface area contributed by atoms with Gasteiger partial charge in [-0.15, -0.1) is 0 Å². The van der Waals surface area contributed by atoms with E-state index in [0.717, 1.165) is 12.5 Å². The van der Waals surface area contributed by atoms with E-state index in [1.54, 1.807) is 0 Å². The molecule has 3 rings (SSSR count). The highest BCUT2D eigenvalue weighted by Gasteiger charge is 2.31. The molecule has 0 saturated heterocycles. The number of nitrogens with one attached hydrogen (secondary N) is 1. The molecule has 1 fully saturated rings. The van der Waals surface area contributed by atoms with Crippen LogP contribution in [0.3, 0.4) is 0 Å². The summed E-state index contributed by atoms with van der Waals surface area (Å²) in [5.74, 6) is 0.841. The Kier molecular flexibility index (Phi) is 3.90. The monoisotopic (exact) mass is 282 g/mol. The maximum absolute atomic E-state index is 3.47. The van der Waals surface area contributed by atoms with Crippen LogP contribution in [-0.4, -0.2) is 11.6 Å². The molecule has 0 spiro atoms. The van der Waals surface area contributed by atoms with Crippen molar-refractivity contribution in [2.45, 2.75) is 46.2 Å². The molecule has 1 aliphatic rings. The lowest BCUT2D eigenvalue weighted by Crippen LogP contribution is -2.17. The van der Waals surface area contributed by atoms with E-state index in [2.05, 4.69) is 68.3 Å². The highest BCUT2D eigenvalue weighted by Crippen LogP contribution is 2.40. The van der Waals surface area contributed by atoms with Crippen LogP contribution in [-0.2, 0) is 6.54 Å². The minimum absolute atomic E-state index is 0.534. The van der Waals surface area contributed by atoms with E-state index in [9.17, 15) is 0 Å². The lowest BCUT2D eigenvalue weighted by Gasteiger charge is -2.14. The number of nitrogens with zero attached hydrogens (tertiary/aromatic N) is 1. The summed E-state index contributed by atoms with van der Waals surface area (Å²) < 4.78 is 2.33. The van der Waals surface area contributed by atoms with Gasteiger partial charge in [0.1, 0.15) is 0 Å². The molecule has 112 valence electrons. The molecule has 1 N–H and O–H groups in total. The van der Waals surface area contributed by atoms with E-state index < -0.39 is 0 Å². The van der Waals surface area contributed by atoms with Gasteiger partial charge in [-0.05, 0) is 74.9 Å². The SMILES string of the molecule is CNC(c1ccn(Cc2c(C)cc(C)cc2C)c1)C1CC1. The number of hydrogen-bond donors (Lipinski definition) is 1. The van der Waals surface area contributed by atoms with Gasteiger partial charge in [-0.2, -0.15) is 0 Å². The van der Waals surface area contributed by atoms with Gasteiger partial charge in [-0.1, -0.05) is 17.7 Å². The number of rotatable bonds is 5. The van der Waals surface area contributed by atoms with Crippen LogP contribution in [0.4, 0.5) is 0 Å². The summed E-state index contributed by atoms with van der Waals surface area (Å²) >= 11 is 0. The molecule has 1 heterocycles. The molecule has 1 atom stereocenters. The molecule has 1 aliphatic carbocycles. The molecule has 1 aromatic heterocycles. The predicted molar refractivity (Wildman–Crippen MR) is 88.7 cm³/mol. The molecule has 0 amide bonds. The van der Waals surface area contributed by atoms with Gasteiger partial charge < -0.3 is 9.88 Å². The van der Waals surface area contributed by atoms with Crippen LogP contribution in [0.2, 0.25) is 0 Å². The van der Waals surface area contributed by atoms with Crippen molar-refractivity contribution in [1.29, 1.82) is 0 Å². The van der Waals surface area contributed by atoms with E-state index >= 15 is 0 Å². The number of hydrogen-bond acceptors (Lipinski definition) is 1. The lowest BCUT2D eigenvalue weighted by atomic mass is 10.00. The van der Waals surface area contributed by atoms with Gasteiger partial charge in [0.2, 0.25) is 0 Å². The fourth-order valence-electron chi connectivity index (χ4n) is 3.49. The summed E-state index contributed by atoms with van der Waals surface area (Å²) in [5, 5.41) is 3.47. The summed E-state index contributed by atoms with van der Waals surface area (Å²) in [6.07, 6.45) is 7.28. The topological polar surface area (TPSA) is 17.0 Å². The van der Waals surface area contributed by atoms with E-state index in [4.69, 9.17) is 0 Å². The van der Waals surface area contributed by atoms with Crippen molar-refractivity contribution in [2.24, 2.45) is 5.92 Å². The van der Waals surface area contributed by atoms with Crippen LogP contribution in [0.15, 0.2) is 30.6 Å². The normalized spacial score (nSPS) is 16.2. The first kappa shape index (κ1) is 14.4. The maximum atomic E-state index is 3.47. The van der Waals surface area contributed by atoms with Crippen molar-refractivity contribution < 1.29 is 0 Å². The smallest absolute Gasteiger partial charge is 0.0475 e. The molecule has 2 aromatic rings. The van der Waals surface area contributed by atoms with Gasteiger partial charge in [-0.25, -0.2) is 0 Å². The zero-order valence-corrected chi connectivity index (χ0v) is 13.6. The molecular formula is C19H26N2. The van der Waals surface area contributed by atoms with Gasteiger partial charge in [0.25, 0.3) is 0 Å². The van der Waals surface area contributed by atoms with E-state index in [0.29, 0.717) is 6.04 Å². The highest BCUT2D eigenvalue weighted by molar-refractivity contribution is 5.38. The maximum Gasteiger partial charge on any atom is 0.0475 e. The van der Waals surface area contributed by atoms with Crippen molar-refractivity contribution >= 4 is 0 Å². The Bertz CT molecular complexity index is 612. The summed E-state index contributed by atoms with van der Waals surface area (Å²) in [6.45, 7) is 7.59. The van der Waals surface area contributed by atoms with Crippen LogP contribution >= 0.6 is 0 Å². The first-order chi connectivity index (χ1) is 10.1. The zero-order valence-electron chi connectivity index (χ0n) is 13.6. The molecule has 0 radical (unpaired) electrons. The molecule has 2 heteroatoms. The minimum Gasteiger partial charge on any atom is -0.350 e. The third-order valence-electron chi connectivity index (χ3n) is 4.72.